The lowest BCUT2D eigenvalue weighted by atomic mass is 9.73. The molecule has 1 aliphatic carbocycles. The van der Waals surface area contributed by atoms with Crippen molar-refractivity contribution in [2.45, 2.75) is 69.5 Å². The Morgan fingerprint density at radius 1 is 1.31 bits per heavy atom. The third-order valence-electron chi connectivity index (χ3n) is 10.1. The SMILES string of the molecule is C[C@@H](CC(=O)Cn1cnnn1)[C@H]1C(=O)N2C(C(=O)O)=C(S[C@@H]3CN[C@H](C(=O)N4C[C@@H]5C[C@@H](N)C[C@]5(CO)C4)C3)[C@H](C)[C@H]12. The van der Waals surface area contributed by atoms with E-state index in [0.717, 1.165) is 12.8 Å². The molecule has 5 heterocycles. The zero-order chi connectivity index (χ0) is 29.9. The van der Waals surface area contributed by atoms with Crippen LogP contribution in [0, 0.1) is 29.1 Å². The summed E-state index contributed by atoms with van der Waals surface area (Å²) in [6.07, 6.45) is 3.60. The maximum absolute atomic E-state index is 13.4. The van der Waals surface area contributed by atoms with Gasteiger partial charge < -0.3 is 31.1 Å². The molecular weight excluding hydrogens is 564 g/mol. The number of nitrogens with two attached hydrogens (primary N) is 1. The number of aliphatic hydroxyl groups is 1. The fourth-order valence-electron chi connectivity index (χ4n) is 8.10. The lowest BCUT2D eigenvalue weighted by Crippen LogP contribution is -2.62. The number of Topliss-reactive ketones (excluding diaryl/α,β-unsaturated/α-hetero) is 1. The average molecular weight is 603 g/mol. The number of ketones is 1. The molecule has 14 nitrogen and oxygen atoms in total. The van der Waals surface area contributed by atoms with E-state index in [1.807, 2.05) is 18.7 Å². The van der Waals surface area contributed by atoms with Gasteiger partial charge in [0, 0.05) is 53.6 Å². The Kier molecular flexibility index (Phi) is 7.64. The number of thioether (sulfide) groups is 1. The number of aliphatic carboxylic acids is 1. The number of β-lactam (4-membered cyclic amide) rings is 1. The number of carbonyl (C=O) groups is 4. The van der Waals surface area contributed by atoms with Gasteiger partial charge in [-0.1, -0.05) is 13.8 Å². The number of hydrogen-bond acceptors (Lipinski definition) is 11. The summed E-state index contributed by atoms with van der Waals surface area (Å²) in [4.78, 5) is 55.6. The molecule has 1 aromatic rings. The predicted octanol–water partition coefficient (Wildman–Crippen LogP) is -0.937. The topological polar surface area (TPSA) is 197 Å². The molecule has 3 saturated heterocycles. The molecular formula is C27H38N8O6S. The zero-order valence-electron chi connectivity index (χ0n) is 23.8. The molecule has 15 heteroatoms. The highest BCUT2D eigenvalue weighted by atomic mass is 32.2. The van der Waals surface area contributed by atoms with Crippen LogP contribution in [0.15, 0.2) is 16.9 Å². The lowest BCUT2D eigenvalue weighted by Gasteiger charge is -2.47. The standard InChI is InChI=1S/C27H38N8O6S/c1-13(3-17(37)9-34-12-30-31-32-34)20-21-14(2)23(22(26(40)41)35(21)25(20)39)42-18-5-19(29-7-18)24(38)33-8-15-4-16(28)6-27(15,10-33)11-36/h12-16,18-21,29,36H,3-11,28H2,1-2H3,(H,40,41)/t13-,14+,15-,16+,18-,19-,20+,21+,27+/m0/s1. The molecule has 5 aliphatic rings. The largest absolute Gasteiger partial charge is 0.477 e. The van der Waals surface area contributed by atoms with E-state index in [-0.39, 0.29) is 89.4 Å². The summed E-state index contributed by atoms with van der Waals surface area (Å²) in [5.74, 6) is -2.22. The summed E-state index contributed by atoms with van der Waals surface area (Å²) in [6, 6.07) is -0.638. The van der Waals surface area contributed by atoms with Gasteiger partial charge in [0.1, 0.15) is 18.6 Å². The van der Waals surface area contributed by atoms with E-state index < -0.39 is 11.9 Å². The van der Waals surface area contributed by atoms with E-state index in [9.17, 15) is 29.4 Å². The Balaban J connectivity index is 1.09. The molecule has 0 spiro atoms. The minimum atomic E-state index is -1.14. The van der Waals surface area contributed by atoms with Crippen LogP contribution in [0.4, 0.5) is 0 Å². The maximum atomic E-state index is 13.4. The highest BCUT2D eigenvalue weighted by Gasteiger charge is 2.60. The van der Waals surface area contributed by atoms with Crippen LogP contribution >= 0.6 is 11.8 Å². The summed E-state index contributed by atoms with van der Waals surface area (Å²) < 4.78 is 1.34. The number of nitrogens with one attached hydrogen (secondary N) is 1. The number of nitrogens with zero attached hydrogens (tertiary/aromatic N) is 6. The number of likely N-dealkylation sites (tertiary alicyclic amines) is 1. The molecule has 2 amide bonds. The molecule has 0 bridgehead atoms. The zero-order valence-corrected chi connectivity index (χ0v) is 24.6. The number of tetrazole rings is 1. The van der Waals surface area contributed by atoms with E-state index >= 15 is 0 Å². The molecule has 5 N–H and O–H groups in total. The Hall–Kier alpha value is -2.88. The number of hydrogen-bond donors (Lipinski definition) is 4. The first-order valence-electron chi connectivity index (χ1n) is 14.6. The number of carbonyl (C=O) groups excluding carboxylic acids is 3. The highest BCUT2D eigenvalue weighted by molar-refractivity contribution is 8.03. The molecule has 0 radical (unpaired) electrons. The fourth-order valence-corrected chi connectivity index (χ4v) is 9.58. The van der Waals surface area contributed by atoms with E-state index in [1.165, 1.54) is 27.7 Å². The van der Waals surface area contributed by atoms with Crippen molar-refractivity contribution in [3.05, 3.63) is 16.9 Å². The maximum Gasteiger partial charge on any atom is 0.353 e. The summed E-state index contributed by atoms with van der Waals surface area (Å²) in [5.41, 5.74) is 5.86. The van der Waals surface area contributed by atoms with Crippen molar-refractivity contribution in [3.63, 3.8) is 0 Å². The average Bonchev–Trinajstić information content (AvgIpc) is 3.74. The van der Waals surface area contributed by atoms with Gasteiger partial charge in [-0.25, -0.2) is 9.48 Å². The van der Waals surface area contributed by atoms with E-state index in [1.54, 1.807) is 0 Å². The first-order valence-corrected chi connectivity index (χ1v) is 15.5. The molecule has 4 fully saturated rings. The normalized spacial score (nSPS) is 36.3. The number of rotatable bonds is 10. The van der Waals surface area contributed by atoms with E-state index in [2.05, 4.69) is 20.8 Å². The minimum Gasteiger partial charge on any atom is -0.477 e. The monoisotopic (exact) mass is 602 g/mol. The Morgan fingerprint density at radius 2 is 2.10 bits per heavy atom. The van der Waals surface area contributed by atoms with E-state index in [0.29, 0.717) is 31.0 Å². The Morgan fingerprint density at radius 3 is 2.76 bits per heavy atom. The van der Waals surface area contributed by atoms with Crippen LogP contribution in [0.25, 0.3) is 0 Å². The van der Waals surface area contributed by atoms with Crippen molar-refractivity contribution in [3.8, 4) is 0 Å². The molecule has 0 aromatic carbocycles. The second kappa shape index (κ2) is 11.0. The number of aliphatic hydroxyl groups excluding tert-OH is 1. The molecule has 9 atom stereocenters. The van der Waals surface area contributed by atoms with Gasteiger partial charge in [-0.3, -0.25) is 14.4 Å². The van der Waals surface area contributed by atoms with Gasteiger partial charge in [0.25, 0.3) is 0 Å². The predicted molar refractivity (Wildman–Crippen MR) is 149 cm³/mol. The number of carboxylic acid groups (broad SMARTS) is 1. The molecule has 0 unspecified atom stereocenters. The molecule has 1 saturated carbocycles. The van der Waals surface area contributed by atoms with Gasteiger partial charge in [0.2, 0.25) is 11.8 Å². The van der Waals surface area contributed by atoms with Crippen molar-refractivity contribution in [2.75, 3.05) is 26.2 Å². The molecule has 1 aromatic heterocycles. The number of aromatic nitrogens is 4. The second-order valence-corrected chi connectivity index (χ2v) is 14.2. The van der Waals surface area contributed by atoms with Crippen molar-refractivity contribution in [2.24, 2.45) is 34.8 Å². The highest BCUT2D eigenvalue weighted by Crippen LogP contribution is 2.53. The summed E-state index contributed by atoms with van der Waals surface area (Å²) in [7, 11) is 0. The fraction of sp³-hybridized carbons (Fsp3) is 0.741. The Bertz CT molecular complexity index is 1310. The van der Waals surface area contributed by atoms with Gasteiger partial charge in [-0.15, -0.1) is 16.9 Å². The summed E-state index contributed by atoms with van der Waals surface area (Å²) >= 11 is 1.45. The third-order valence-corrected chi connectivity index (χ3v) is 11.6. The lowest BCUT2D eigenvalue weighted by molar-refractivity contribution is -0.160. The van der Waals surface area contributed by atoms with Gasteiger partial charge in [-0.2, -0.15) is 0 Å². The van der Waals surface area contributed by atoms with Crippen LogP contribution in [0.5, 0.6) is 0 Å². The van der Waals surface area contributed by atoms with Crippen molar-refractivity contribution >= 4 is 35.3 Å². The first kappa shape index (κ1) is 29.2. The van der Waals surface area contributed by atoms with Gasteiger partial charge in [-0.05, 0) is 41.5 Å². The van der Waals surface area contributed by atoms with Crippen LogP contribution < -0.4 is 11.1 Å². The molecule has 228 valence electrons. The third kappa shape index (κ3) is 4.83. The van der Waals surface area contributed by atoms with Gasteiger partial charge in [0.05, 0.1) is 24.6 Å². The Labute approximate surface area is 247 Å². The summed E-state index contributed by atoms with van der Waals surface area (Å²) in [6.45, 7) is 5.50. The number of fused-ring (bicyclic) bond motifs is 2. The van der Waals surface area contributed by atoms with Crippen LogP contribution in [-0.4, -0.2) is 113 Å². The van der Waals surface area contributed by atoms with Crippen LogP contribution in [-0.2, 0) is 25.7 Å². The minimum absolute atomic E-state index is 0.0139. The van der Waals surface area contributed by atoms with Crippen LogP contribution in [0.2, 0.25) is 0 Å². The summed E-state index contributed by atoms with van der Waals surface area (Å²) in [5, 5.41) is 34.3. The van der Waals surface area contributed by atoms with Crippen LogP contribution in [0.1, 0.15) is 39.5 Å². The quantitative estimate of drug-likeness (QED) is 0.240. The van der Waals surface area contributed by atoms with Crippen molar-refractivity contribution in [1.29, 1.82) is 0 Å². The molecule has 42 heavy (non-hydrogen) atoms. The van der Waals surface area contributed by atoms with Crippen molar-refractivity contribution in [1.82, 2.24) is 35.3 Å². The molecule has 6 rings (SSSR count). The van der Waals surface area contributed by atoms with Gasteiger partial charge >= 0.3 is 5.97 Å². The second-order valence-electron chi connectivity index (χ2n) is 12.8. The smallest absolute Gasteiger partial charge is 0.353 e. The van der Waals surface area contributed by atoms with Crippen LogP contribution in [0.3, 0.4) is 0 Å². The van der Waals surface area contributed by atoms with E-state index in [4.69, 9.17) is 5.73 Å². The van der Waals surface area contributed by atoms with Gasteiger partial charge in [0.15, 0.2) is 5.78 Å². The number of amides is 2. The first-order chi connectivity index (χ1) is 20.0. The molecule has 4 aliphatic heterocycles. The number of carboxylic acids is 1. The van der Waals surface area contributed by atoms with Crippen molar-refractivity contribution < 1.29 is 29.4 Å².